The number of benzene rings is 1. The Morgan fingerprint density at radius 3 is 2.55 bits per heavy atom. The maximum atomic E-state index is 12.7. The second kappa shape index (κ2) is 4.97. The fraction of sp³-hybridized carbons (Fsp3) is 0.462. The summed E-state index contributed by atoms with van der Waals surface area (Å²) in [6, 6.07) is 3.53. The Bertz CT molecular complexity index is 616. The number of likely N-dealkylation sites (N-methyl/N-ethyl adjacent to an activating group) is 1. The smallest absolute Gasteiger partial charge is 0.369 e. The van der Waals surface area contributed by atoms with E-state index in [9.17, 15) is 13.2 Å². The van der Waals surface area contributed by atoms with Crippen LogP contribution < -0.4 is 5.73 Å². The molecule has 4 nitrogen and oxygen atoms in total. The van der Waals surface area contributed by atoms with Crippen molar-refractivity contribution in [2.45, 2.75) is 19.1 Å². The summed E-state index contributed by atoms with van der Waals surface area (Å²) in [4.78, 5) is 6.02. The zero-order valence-electron chi connectivity index (χ0n) is 11.6. The third-order valence-corrected chi connectivity index (χ3v) is 3.11. The van der Waals surface area contributed by atoms with Crippen molar-refractivity contribution >= 4 is 17.0 Å². The van der Waals surface area contributed by atoms with Crippen molar-refractivity contribution in [1.29, 1.82) is 0 Å². The van der Waals surface area contributed by atoms with E-state index in [1.807, 2.05) is 25.9 Å². The van der Waals surface area contributed by atoms with Crippen LogP contribution in [-0.4, -0.2) is 35.1 Å². The molecule has 0 aliphatic heterocycles. The minimum absolute atomic E-state index is 0.0201. The lowest BCUT2D eigenvalue weighted by atomic mass is 10.2. The quantitative estimate of drug-likeness (QED) is 0.943. The van der Waals surface area contributed by atoms with Crippen molar-refractivity contribution in [2.24, 2.45) is 0 Å². The van der Waals surface area contributed by atoms with Crippen LogP contribution >= 0.6 is 0 Å². The molecule has 0 radical (unpaired) electrons. The summed E-state index contributed by atoms with van der Waals surface area (Å²) in [6.45, 7) is 2.67. The minimum atomic E-state index is -4.37. The molecule has 0 spiro atoms. The van der Waals surface area contributed by atoms with Gasteiger partial charge in [0.05, 0.1) is 16.6 Å². The summed E-state index contributed by atoms with van der Waals surface area (Å²) in [5.41, 5.74) is 6.01. The first-order chi connectivity index (χ1) is 9.20. The molecule has 110 valence electrons. The fourth-order valence-electron chi connectivity index (χ4n) is 2.37. The summed E-state index contributed by atoms with van der Waals surface area (Å²) < 4.78 is 39.8. The highest BCUT2D eigenvalue weighted by atomic mass is 19.4. The highest BCUT2D eigenvalue weighted by Gasteiger charge is 2.31. The molecule has 0 aliphatic carbocycles. The van der Waals surface area contributed by atoms with Gasteiger partial charge in [-0.1, -0.05) is 0 Å². The number of hydrogen-bond acceptors (Lipinski definition) is 3. The standard InChI is InChI=1S/C13H17F3N4/c1-8(7-19(2)3)20-11-5-4-9(13(14,15)16)6-10(11)18-12(20)17/h4-6,8H,7H2,1-3H3,(H2,17,18). The Morgan fingerprint density at radius 1 is 1.35 bits per heavy atom. The van der Waals surface area contributed by atoms with Gasteiger partial charge in [0.1, 0.15) is 0 Å². The molecule has 2 rings (SSSR count). The van der Waals surface area contributed by atoms with Crippen molar-refractivity contribution in [3.8, 4) is 0 Å². The molecular weight excluding hydrogens is 269 g/mol. The number of rotatable bonds is 3. The molecule has 2 N–H and O–H groups in total. The molecule has 0 fully saturated rings. The van der Waals surface area contributed by atoms with E-state index < -0.39 is 11.7 Å². The number of alkyl halides is 3. The number of anilines is 1. The third kappa shape index (κ3) is 2.72. The summed E-state index contributed by atoms with van der Waals surface area (Å²) in [6.07, 6.45) is -4.37. The Balaban J connectivity index is 2.50. The predicted molar refractivity (Wildman–Crippen MR) is 72.4 cm³/mol. The number of nitrogen functional groups attached to an aromatic ring is 1. The molecule has 0 aliphatic rings. The largest absolute Gasteiger partial charge is 0.416 e. The first kappa shape index (κ1) is 14.6. The van der Waals surface area contributed by atoms with Crippen LogP contribution in [0.5, 0.6) is 0 Å². The van der Waals surface area contributed by atoms with Crippen LogP contribution in [0.1, 0.15) is 18.5 Å². The monoisotopic (exact) mass is 286 g/mol. The first-order valence-corrected chi connectivity index (χ1v) is 6.19. The average molecular weight is 286 g/mol. The van der Waals surface area contributed by atoms with Crippen LogP contribution in [-0.2, 0) is 6.18 Å². The molecule has 2 aromatic rings. The van der Waals surface area contributed by atoms with Gasteiger partial charge >= 0.3 is 6.18 Å². The molecule has 0 bridgehead atoms. The lowest BCUT2D eigenvalue weighted by Gasteiger charge is -2.20. The van der Waals surface area contributed by atoms with Crippen molar-refractivity contribution in [1.82, 2.24) is 14.5 Å². The molecule has 20 heavy (non-hydrogen) atoms. The number of hydrogen-bond donors (Lipinski definition) is 1. The van der Waals surface area contributed by atoms with Crippen LogP contribution in [0.3, 0.4) is 0 Å². The van der Waals surface area contributed by atoms with E-state index >= 15 is 0 Å². The van der Waals surface area contributed by atoms with Crippen molar-refractivity contribution in [3.05, 3.63) is 23.8 Å². The zero-order valence-corrected chi connectivity index (χ0v) is 11.6. The number of imidazole rings is 1. The third-order valence-electron chi connectivity index (χ3n) is 3.11. The molecule has 1 unspecified atom stereocenters. The molecule has 7 heteroatoms. The highest BCUT2D eigenvalue weighted by Crippen LogP contribution is 2.32. The second-order valence-electron chi connectivity index (χ2n) is 5.15. The maximum Gasteiger partial charge on any atom is 0.416 e. The molecule has 1 aromatic carbocycles. The average Bonchev–Trinajstić information content (AvgIpc) is 2.61. The van der Waals surface area contributed by atoms with Crippen LogP contribution in [0.15, 0.2) is 18.2 Å². The van der Waals surface area contributed by atoms with Crippen LogP contribution in [0, 0.1) is 0 Å². The highest BCUT2D eigenvalue weighted by molar-refractivity contribution is 5.79. The van der Waals surface area contributed by atoms with Crippen LogP contribution in [0.2, 0.25) is 0 Å². The van der Waals surface area contributed by atoms with Gasteiger partial charge in [-0.3, -0.25) is 0 Å². The van der Waals surface area contributed by atoms with E-state index in [0.29, 0.717) is 5.52 Å². The Labute approximate surface area is 115 Å². The lowest BCUT2D eigenvalue weighted by molar-refractivity contribution is -0.137. The summed E-state index contributed by atoms with van der Waals surface area (Å²) >= 11 is 0. The van der Waals surface area contributed by atoms with Gasteiger partial charge < -0.3 is 15.2 Å². The lowest BCUT2D eigenvalue weighted by Crippen LogP contribution is -2.23. The normalized spacial score (nSPS) is 14.2. The second-order valence-corrected chi connectivity index (χ2v) is 5.15. The van der Waals surface area contributed by atoms with Gasteiger partial charge in [0, 0.05) is 12.6 Å². The Hall–Kier alpha value is -1.76. The molecule has 1 aromatic heterocycles. The molecule has 1 atom stereocenters. The fourth-order valence-corrected chi connectivity index (χ4v) is 2.37. The van der Waals surface area contributed by atoms with Crippen molar-refractivity contribution < 1.29 is 13.2 Å². The van der Waals surface area contributed by atoms with Gasteiger partial charge in [-0.25, -0.2) is 4.98 Å². The van der Waals surface area contributed by atoms with Gasteiger partial charge in [-0.15, -0.1) is 0 Å². The molecule has 0 saturated heterocycles. The molecule has 0 amide bonds. The molecule has 1 heterocycles. The SMILES string of the molecule is CC(CN(C)C)n1c(N)nc2cc(C(F)(F)F)ccc21. The Kier molecular flexibility index (Phi) is 3.64. The molecule has 0 saturated carbocycles. The van der Waals surface area contributed by atoms with Gasteiger partial charge in [0.15, 0.2) is 0 Å². The topological polar surface area (TPSA) is 47.1 Å². The van der Waals surface area contributed by atoms with Gasteiger partial charge in [-0.05, 0) is 39.2 Å². The number of halogens is 3. The molecular formula is C13H17F3N4. The number of nitrogens with zero attached hydrogens (tertiary/aromatic N) is 3. The van der Waals surface area contributed by atoms with E-state index in [0.717, 1.165) is 18.7 Å². The summed E-state index contributed by atoms with van der Waals surface area (Å²) in [5, 5.41) is 0. The zero-order chi connectivity index (χ0) is 15.1. The number of nitrogens with two attached hydrogens (primary N) is 1. The summed E-state index contributed by atoms with van der Waals surface area (Å²) in [7, 11) is 3.85. The van der Waals surface area contributed by atoms with E-state index in [4.69, 9.17) is 5.73 Å². The predicted octanol–water partition coefficient (Wildman–Crippen LogP) is 2.76. The Morgan fingerprint density at radius 2 is 2.00 bits per heavy atom. The van der Waals surface area contributed by atoms with E-state index in [1.165, 1.54) is 6.07 Å². The minimum Gasteiger partial charge on any atom is -0.369 e. The number of aromatic nitrogens is 2. The van der Waals surface area contributed by atoms with Gasteiger partial charge in [0.25, 0.3) is 0 Å². The van der Waals surface area contributed by atoms with Crippen LogP contribution in [0.25, 0.3) is 11.0 Å². The van der Waals surface area contributed by atoms with Crippen LogP contribution in [0.4, 0.5) is 19.1 Å². The summed E-state index contributed by atoms with van der Waals surface area (Å²) in [5.74, 6) is 0.230. The van der Waals surface area contributed by atoms with Gasteiger partial charge in [0.2, 0.25) is 5.95 Å². The van der Waals surface area contributed by atoms with Gasteiger partial charge in [-0.2, -0.15) is 13.2 Å². The van der Waals surface area contributed by atoms with E-state index in [-0.39, 0.29) is 17.5 Å². The van der Waals surface area contributed by atoms with E-state index in [2.05, 4.69) is 4.98 Å². The number of fused-ring (bicyclic) bond motifs is 1. The van der Waals surface area contributed by atoms with Crippen molar-refractivity contribution in [2.75, 3.05) is 26.4 Å². The maximum absolute atomic E-state index is 12.7. The van der Waals surface area contributed by atoms with E-state index in [1.54, 1.807) is 4.57 Å². The van der Waals surface area contributed by atoms with Crippen molar-refractivity contribution in [3.63, 3.8) is 0 Å². The first-order valence-electron chi connectivity index (χ1n) is 6.19.